The fourth-order valence-corrected chi connectivity index (χ4v) is 3.38. The number of urea groups is 1. The van der Waals surface area contributed by atoms with Gasteiger partial charge in [0.05, 0.1) is 6.54 Å². The van der Waals surface area contributed by atoms with Crippen molar-refractivity contribution >= 4 is 41.7 Å². The van der Waals surface area contributed by atoms with E-state index >= 15 is 0 Å². The highest BCUT2D eigenvalue weighted by Crippen LogP contribution is 2.14. The van der Waals surface area contributed by atoms with E-state index in [1.807, 2.05) is 42.8 Å². The number of aromatic nitrogens is 3. The number of nitrogens with one attached hydrogen (secondary N) is 4. The topological polar surface area (TPSA) is 117 Å². The number of carbonyl (C=O) groups is 1. The molecule has 0 radical (unpaired) electrons. The smallest absolute Gasteiger partial charge is 0.319 e. The van der Waals surface area contributed by atoms with Gasteiger partial charge in [-0.3, -0.25) is 4.99 Å². The third-order valence-corrected chi connectivity index (χ3v) is 4.83. The van der Waals surface area contributed by atoms with Crippen molar-refractivity contribution < 1.29 is 9.53 Å². The number of aryl methyl sites for hydroxylation is 1. The quantitative estimate of drug-likeness (QED) is 0.236. The van der Waals surface area contributed by atoms with Gasteiger partial charge >= 0.3 is 6.03 Å². The van der Waals surface area contributed by atoms with E-state index in [4.69, 9.17) is 4.74 Å². The van der Waals surface area contributed by atoms with Crippen LogP contribution in [0, 0.1) is 0 Å². The molecule has 1 aliphatic heterocycles. The van der Waals surface area contributed by atoms with Crippen LogP contribution in [-0.4, -0.2) is 53.0 Å². The Bertz CT molecular complexity index is 898. The second-order valence-electron chi connectivity index (χ2n) is 7.82. The summed E-state index contributed by atoms with van der Waals surface area (Å²) in [6.07, 6.45) is 1.83. The molecule has 32 heavy (non-hydrogen) atoms. The number of hydrogen-bond acceptors (Lipinski definition) is 5. The molecule has 1 aliphatic rings. The highest BCUT2D eigenvalue weighted by Gasteiger charge is 2.22. The van der Waals surface area contributed by atoms with Crippen molar-refractivity contribution in [2.45, 2.75) is 58.5 Å². The van der Waals surface area contributed by atoms with Gasteiger partial charge in [0.1, 0.15) is 12.4 Å². The normalized spacial score (nSPS) is 15.5. The minimum Gasteiger partial charge on any atom is -0.377 e. The number of fused-ring (bicyclic) bond motifs is 1. The van der Waals surface area contributed by atoms with Crippen molar-refractivity contribution in [2.75, 3.05) is 19.5 Å². The second-order valence-corrected chi connectivity index (χ2v) is 7.82. The molecule has 0 bridgehead atoms. The Morgan fingerprint density at radius 2 is 2.06 bits per heavy atom. The largest absolute Gasteiger partial charge is 0.377 e. The first-order valence-corrected chi connectivity index (χ1v) is 10.5. The molecule has 2 heterocycles. The molecular weight excluding hydrogens is 523 g/mol. The first kappa shape index (κ1) is 25.8. The first-order valence-electron chi connectivity index (χ1n) is 10.5. The Morgan fingerprint density at radius 1 is 1.31 bits per heavy atom. The minimum atomic E-state index is -0.206. The molecule has 0 fully saturated rings. The lowest BCUT2D eigenvalue weighted by molar-refractivity contribution is 0.177. The number of nitrogens with zero attached hydrogens (tertiary/aromatic N) is 4. The molecule has 1 aromatic carbocycles. The molecule has 2 amide bonds. The van der Waals surface area contributed by atoms with Gasteiger partial charge in [0.15, 0.2) is 11.8 Å². The molecule has 1 atom stereocenters. The summed E-state index contributed by atoms with van der Waals surface area (Å²) in [7, 11) is 3.41. The molecule has 0 spiro atoms. The lowest BCUT2D eigenvalue weighted by Crippen LogP contribution is -2.46. The molecule has 0 saturated carbocycles. The fourth-order valence-electron chi connectivity index (χ4n) is 3.38. The Labute approximate surface area is 206 Å². The van der Waals surface area contributed by atoms with Crippen LogP contribution < -0.4 is 21.3 Å². The van der Waals surface area contributed by atoms with E-state index in [0.29, 0.717) is 13.2 Å². The molecule has 3 rings (SSSR count). The molecule has 0 saturated heterocycles. The van der Waals surface area contributed by atoms with Gasteiger partial charge in [-0.2, -0.15) is 5.10 Å². The van der Waals surface area contributed by atoms with Crippen LogP contribution in [0.2, 0.25) is 0 Å². The number of carbonyl (C=O) groups excluding carboxylic acids is 1. The van der Waals surface area contributed by atoms with Crippen LogP contribution in [0.25, 0.3) is 0 Å². The maximum absolute atomic E-state index is 11.8. The summed E-state index contributed by atoms with van der Waals surface area (Å²) in [5.74, 6) is 2.47. The van der Waals surface area contributed by atoms with E-state index in [0.717, 1.165) is 48.2 Å². The fraction of sp³-hybridized carbons (Fsp3) is 0.524. The number of guanidine groups is 1. The van der Waals surface area contributed by atoms with Gasteiger partial charge in [0.2, 0.25) is 0 Å². The summed E-state index contributed by atoms with van der Waals surface area (Å²) < 4.78 is 7.07. The number of methoxy groups -OCH3 is 1. The second kappa shape index (κ2) is 12.6. The van der Waals surface area contributed by atoms with Crippen LogP contribution in [0.5, 0.6) is 0 Å². The van der Waals surface area contributed by atoms with E-state index in [1.54, 1.807) is 14.2 Å². The Balaban J connectivity index is 0.00000363. The summed E-state index contributed by atoms with van der Waals surface area (Å²) in [6, 6.07) is 7.84. The highest BCUT2D eigenvalue weighted by molar-refractivity contribution is 14.0. The average Bonchev–Trinajstić information content (AvgIpc) is 3.13. The number of rotatable bonds is 7. The molecule has 176 valence electrons. The highest BCUT2D eigenvalue weighted by atomic mass is 127. The zero-order valence-corrected chi connectivity index (χ0v) is 21.3. The van der Waals surface area contributed by atoms with Crippen molar-refractivity contribution in [1.29, 1.82) is 0 Å². The van der Waals surface area contributed by atoms with Crippen LogP contribution in [0.1, 0.15) is 37.5 Å². The van der Waals surface area contributed by atoms with Crippen molar-refractivity contribution in [2.24, 2.45) is 4.99 Å². The predicted octanol–water partition coefficient (Wildman–Crippen LogP) is 2.25. The maximum Gasteiger partial charge on any atom is 0.319 e. The number of aliphatic imine (C=N–C) groups is 1. The van der Waals surface area contributed by atoms with E-state index in [1.165, 1.54) is 0 Å². The third-order valence-electron chi connectivity index (χ3n) is 4.83. The molecule has 1 unspecified atom stereocenters. The molecule has 4 N–H and O–H groups in total. The van der Waals surface area contributed by atoms with Gasteiger partial charge in [0, 0.05) is 44.9 Å². The number of benzene rings is 1. The lowest BCUT2D eigenvalue weighted by Gasteiger charge is -2.25. The van der Waals surface area contributed by atoms with Crippen molar-refractivity contribution in [1.82, 2.24) is 30.7 Å². The third kappa shape index (κ3) is 7.62. The van der Waals surface area contributed by atoms with Gasteiger partial charge in [0.25, 0.3) is 0 Å². The molecular formula is C21H33IN8O2. The summed E-state index contributed by atoms with van der Waals surface area (Å²) in [4.78, 5) is 20.6. The van der Waals surface area contributed by atoms with Crippen molar-refractivity contribution in [3.8, 4) is 0 Å². The van der Waals surface area contributed by atoms with Crippen LogP contribution >= 0.6 is 24.0 Å². The van der Waals surface area contributed by atoms with Crippen molar-refractivity contribution in [3.05, 3.63) is 41.5 Å². The average molecular weight is 556 g/mol. The van der Waals surface area contributed by atoms with Crippen LogP contribution in [0.15, 0.2) is 29.3 Å². The Hall–Kier alpha value is -2.41. The van der Waals surface area contributed by atoms with Gasteiger partial charge in [-0.15, -0.1) is 24.0 Å². The van der Waals surface area contributed by atoms with E-state index in [2.05, 4.69) is 36.3 Å². The zero-order chi connectivity index (χ0) is 22.2. The Morgan fingerprint density at radius 3 is 2.72 bits per heavy atom. The summed E-state index contributed by atoms with van der Waals surface area (Å²) >= 11 is 0. The van der Waals surface area contributed by atoms with Gasteiger partial charge in [-0.1, -0.05) is 12.1 Å². The molecule has 2 aromatic rings. The van der Waals surface area contributed by atoms with Crippen LogP contribution in [-0.2, 0) is 30.9 Å². The standard InChI is InChI=1S/C21H32N8O2.HI/c1-14(2)24-21(30)26-16-7-5-15(6-8-16)11-23-20(22-3)25-17-9-10-19-27-18(13-31-4)28-29(19)12-17;/h5-8,14,17H,9-13H2,1-4H3,(H2,22,23,25)(H2,24,26,30);1H. The molecule has 1 aromatic heterocycles. The maximum atomic E-state index is 11.8. The van der Waals surface area contributed by atoms with Crippen molar-refractivity contribution in [3.63, 3.8) is 0 Å². The minimum absolute atomic E-state index is 0. The molecule has 0 aliphatic carbocycles. The number of amides is 2. The van der Waals surface area contributed by atoms with Gasteiger partial charge < -0.3 is 26.0 Å². The van der Waals surface area contributed by atoms with Gasteiger partial charge in [-0.25, -0.2) is 14.5 Å². The number of halogens is 1. The summed E-state index contributed by atoms with van der Waals surface area (Å²) in [5, 5.41) is 16.9. The first-order chi connectivity index (χ1) is 15.0. The number of anilines is 1. The predicted molar refractivity (Wildman–Crippen MR) is 135 cm³/mol. The van der Waals surface area contributed by atoms with Crippen LogP contribution in [0.4, 0.5) is 10.5 Å². The zero-order valence-electron chi connectivity index (χ0n) is 19.0. The molecule has 11 heteroatoms. The van der Waals surface area contributed by atoms with E-state index in [9.17, 15) is 4.79 Å². The number of ether oxygens (including phenoxy) is 1. The molecule has 10 nitrogen and oxygen atoms in total. The monoisotopic (exact) mass is 556 g/mol. The SMILES string of the molecule is CN=C(NCc1ccc(NC(=O)NC(C)C)cc1)NC1CCc2nc(COC)nn2C1.I. The van der Waals surface area contributed by atoms with Crippen LogP contribution in [0.3, 0.4) is 0 Å². The lowest BCUT2D eigenvalue weighted by atomic mass is 10.1. The van der Waals surface area contributed by atoms with E-state index in [-0.39, 0.29) is 42.1 Å². The summed E-state index contributed by atoms with van der Waals surface area (Å²) in [6.45, 7) is 5.64. The summed E-state index contributed by atoms with van der Waals surface area (Å²) in [5.41, 5.74) is 1.84. The van der Waals surface area contributed by atoms with Gasteiger partial charge in [-0.05, 0) is 38.0 Å². The van der Waals surface area contributed by atoms with E-state index < -0.39 is 0 Å². The number of hydrogen-bond donors (Lipinski definition) is 4. The Kier molecular flexibility index (Phi) is 10.2.